The fourth-order valence-corrected chi connectivity index (χ4v) is 4.66. The Morgan fingerprint density at radius 3 is 2.64 bits per heavy atom. The van der Waals surface area contributed by atoms with E-state index >= 15 is 0 Å². The minimum absolute atomic E-state index is 0.0458. The number of hydrogen-bond donors (Lipinski definition) is 1. The van der Waals surface area contributed by atoms with Gasteiger partial charge in [-0.2, -0.15) is 4.31 Å². The molecule has 1 aliphatic rings. The van der Waals surface area contributed by atoms with Crippen LogP contribution in [0.15, 0.2) is 29.2 Å². The number of benzene rings is 1. The minimum Gasteiger partial charge on any atom is -0.497 e. The Morgan fingerprint density at radius 2 is 2.04 bits per heavy atom. The molecule has 1 aromatic rings. The van der Waals surface area contributed by atoms with Crippen LogP contribution in [0.25, 0.3) is 0 Å². The number of rotatable bonds is 7. The summed E-state index contributed by atoms with van der Waals surface area (Å²) in [6.45, 7) is 4.74. The van der Waals surface area contributed by atoms with E-state index in [9.17, 15) is 13.2 Å². The molecule has 0 radical (unpaired) electrons. The topological polar surface area (TPSA) is 75.7 Å². The van der Waals surface area contributed by atoms with Gasteiger partial charge in [-0.1, -0.05) is 13.3 Å². The van der Waals surface area contributed by atoms with Crippen molar-refractivity contribution in [3.05, 3.63) is 24.3 Å². The smallest absolute Gasteiger partial charge is 0.243 e. The summed E-state index contributed by atoms with van der Waals surface area (Å²) in [5, 5.41) is 3.00. The molecule has 1 N–H and O–H groups in total. The summed E-state index contributed by atoms with van der Waals surface area (Å²) >= 11 is 0. The summed E-state index contributed by atoms with van der Waals surface area (Å²) in [4.78, 5) is 12.7. The fraction of sp³-hybridized carbons (Fsp3) is 0.611. The molecule has 0 bridgehead atoms. The molecule has 1 amide bonds. The van der Waals surface area contributed by atoms with Crippen LogP contribution >= 0.6 is 0 Å². The fourth-order valence-electron chi connectivity index (χ4n) is 3.14. The number of ether oxygens (including phenoxy) is 1. The molecule has 2 rings (SSSR count). The van der Waals surface area contributed by atoms with Gasteiger partial charge in [-0.05, 0) is 50.5 Å². The van der Waals surface area contributed by atoms with Gasteiger partial charge in [-0.25, -0.2) is 8.42 Å². The molecule has 1 fully saturated rings. The largest absolute Gasteiger partial charge is 0.497 e. The van der Waals surface area contributed by atoms with E-state index in [1.807, 2.05) is 6.92 Å². The molecular weight excluding hydrogens is 340 g/mol. The number of hydrogen-bond acceptors (Lipinski definition) is 4. The summed E-state index contributed by atoms with van der Waals surface area (Å²) in [6.07, 6.45) is 3.34. The Morgan fingerprint density at radius 1 is 1.36 bits per heavy atom. The van der Waals surface area contributed by atoms with E-state index < -0.39 is 10.0 Å². The molecule has 0 saturated carbocycles. The van der Waals surface area contributed by atoms with Gasteiger partial charge in [0.25, 0.3) is 0 Å². The first-order chi connectivity index (χ1) is 11.9. The normalized spacial score (nSPS) is 20.0. The van der Waals surface area contributed by atoms with E-state index in [4.69, 9.17) is 4.74 Å². The lowest BCUT2D eigenvalue weighted by Gasteiger charge is -2.31. The molecule has 0 aromatic heterocycles. The number of nitrogens with zero attached hydrogens (tertiary/aromatic N) is 1. The molecule has 1 aromatic carbocycles. The number of sulfonamides is 1. The van der Waals surface area contributed by atoms with Crippen molar-refractivity contribution < 1.29 is 17.9 Å². The first-order valence-corrected chi connectivity index (χ1v) is 10.3. The Kier molecular flexibility index (Phi) is 6.84. The third kappa shape index (κ3) is 4.95. The number of carbonyl (C=O) groups excluding carboxylic acids is 1. The monoisotopic (exact) mass is 368 g/mol. The van der Waals surface area contributed by atoms with Crippen LogP contribution in [-0.4, -0.2) is 44.9 Å². The van der Waals surface area contributed by atoms with Crippen molar-refractivity contribution in [1.29, 1.82) is 0 Å². The molecule has 2 atom stereocenters. The van der Waals surface area contributed by atoms with Gasteiger partial charge in [-0.15, -0.1) is 0 Å². The first kappa shape index (κ1) is 19.7. The molecule has 1 saturated heterocycles. The predicted octanol–water partition coefficient (Wildman–Crippen LogP) is 2.40. The highest BCUT2D eigenvalue weighted by atomic mass is 32.2. The van der Waals surface area contributed by atoms with Crippen molar-refractivity contribution in [1.82, 2.24) is 9.62 Å². The SMILES string of the molecule is CCC[C@@H](C)NC(=O)[C@@H]1CCCN(S(=O)(=O)c2ccc(OC)cc2)C1. The number of methoxy groups -OCH3 is 1. The highest BCUT2D eigenvalue weighted by Crippen LogP contribution is 2.25. The molecule has 1 heterocycles. The van der Waals surface area contributed by atoms with Crippen molar-refractivity contribution in [3.8, 4) is 5.75 Å². The van der Waals surface area contributed by atoms with E-state index in [-0.39, 0.29) is 29.3 Å². The maximum Gasteiger partial charge on any atom is 0.243 e. The molecule has 1 aliphatic heterocycles. The zero-order valence-corrected chi connectivity index (χ0v) is 16.0. The average molecular weight is 368 g/mol. The van der Waals surface area contributed by atoms with Crippen molar-refractivity contribution in [2.75, 3.05) is 20.2 Å². The molecular formula is C18H28N2O4S. The Bertz CT molecular complexity index is 673. The number of amides is 1. The van der Waals surface area contributed by atoms with E-state index in [2.05, 4.69) is 12.2 Å². The van der Waals surface area contributed by atoms with Crippen LogP contribution < -0.4 is 10.1 Å². The van der Waals surface area contributed by atoms with Crippen LogP contribution in [0.2, 0.25) is 0 Å². The van der Waals surface area contributed by atoms with Crippen LogP contribution in [0, 0.1) is 5.92 Å². The van der Waals surface area contributed by atoms with Gasteiger partial charge in [0.15, 0.2) is 0 Å². The van der Waals surface area contributed by atoms with E-state index in [1.54, 1.807) is 24.3 Å². The molecule has 25 heavy (non-hydrogen) atoms. The van der Waals surface area contributed by atoms with Crippen molar-refractivity contribution >= 4 is 15.9 Å². The van der Waals surface area contributed by atoms with E-state index in [0.29, 0.717) is 18.7 Å². The molecule has 6 nitrogen and oxygen atoms in total. The molecule has 140 valence electrons. The number of carbonyl (C=O) groups is 1. The van der Waals surface area contributed by atoms with Gasteiger partial charge in [0.2, 0.25) is 15.9 Å². The predicted molar refractivity (Wildman–Crippen MR) is 97.0 cm³/mol. The molecule has 0 spiro atoms. The summed E-state index contributed by atoms with van der Waals surface area (Å²) in [5.74, 6) is 0.274. The van der Waals surface area contributed by atoms with Gasteiger partial charge < -0.3 is 10.1 Å². The third-order valence-corrected chi connectivity index (χ3v) is 6.44. The minimum atomic E-state index is -3.59. The van der Waals surface area contributed by atoms with Crippen LogP contribution in [0.4, 0.5) is 0 Å². The molecule has 0 unspecified atom stereocenters. The average Bonchev–Trinajstić information content (AvgIpc) is 2.62. The van der Waals surface area contributed by atoms with Crippen LogP contribution in [0.5, 0.6) is 5.75 Å². The zero-order chi connectivity index (χ0) is 18.4. The summed E-state index contributed by atoms with van der Waals surface area (Å²) < 4.78 is 32.2. The summed E-state index contributed by atoms with van der Waals surface area (Å²) in [6, 6.07) is 6.47. The first-order valence-electron chi connectivity index (χ1n) is 8.83. The lowest BCUT2D eigenvalue weighted by molar-refractivity contribution is -0.126. The second-order valence-corrected chi connectivity index (χ2v) is 8.51. The van der Waals surface area contributed by atoms with Crippen molar-refractivity contribution in [2.45, 2.75) is 50.5 Å². The highest BCUT2D eigenvalue weighted by Gasteiger charge is 2.33. The van der Waals surface area contributed by atoms with E-state index in [0.717, 1.165) is 19.3 Å². The maximum atomic E-state index is 12.8. The van der Waals surface area contributed by atoms with Gasteiger partial charge in [0.1, 0.15) is 5.75 Å². The second kappa shape index (κ2) is 8.67. The molecule has 7 heteroatoms. The quantitative estimate of drug-likeness (QED) is 0.802. The van der Waals surface area contributed by atoms with Gasteiger partial charge in [0, 0.05) is 19.1 Å². The standard InChI is InChI=1S/C18H28N2O4S/c1-4-6-14(2)19-18(21)15-7-5-12-20(13-15)25(22,23)17-10-8-16(24-3)9-11-17/h8-11,14-15H,4-7,12-13H2,1-3H3,(H,19,21)/t14-,15-/m1/s1. The highest BCUT2D eigenvalue weighted by molar-refractivity contribution is 7.89. The Labute approximate surface area is 150 Å². The summed E-state index contributed by atoms with van der Waals surface area (Å²) in [5.41, 5.74) is 0. The van der Waals surface area contributed by atoms with Crippen LogP contribution in [-0.2, 0) is 14.8 Å². The zero-order valence-electron chi connectivity index (χ0n) is 15.2. The maximum absolute atomic E-state index is 12.8. The van der Waals surface area contributed by atoms with E-state index in [1.165, 1.54) is 11.4 Å². The van der Waals surface area contributed by atoms with Crippen molar-refractivity contribution in [2.24, 2.45) is 5.92 Å². The lowest BCUT2D eigenvalue weighted by atomic mass is 9.98. The van der Waals surface area contributed by atoms with Crippen LogP contribution in [0.1, 0.15) is 39.5 Å². The Hall–Kier alpha value is -1.60. The summed E-state index contributed by atoms with van der Waals surface area (Å²) in [7, 11) is -2.06. The van der Waals surface area contributed by atoms with Crippen LogP contribution in [0.3, 0.4) is 0 Å². The number of nitrogens with one attached hydrogen (secondary N) is 1. The lowest BCUT2D eigenvalue weighted by Crippen LogP contribution is -2.47. The second-order valence-electron chi connectivity index (χ2n) is 6.58. The van der Waals surface area contributed by atoms with Gasteiger partial charge in [0.05, 0.1) is 17.9 Å². The van der Waals surface area contributed by atoms with Gasteiger partial charge >= 0.3 is 0 Å². The Balaban J connectivity index is 2.07. The number of piperidine rings is 1. The third-order valence-electron chi connectivity index (χ3n) is 4.56. The van der Waals surface area contributed by atoms with Gasteiger partial charge in [-0.3, -0.25) is 4.79 Å². The molecule has 0 aliphatic carbocycles. The van der Waals surface area contributed by atoms with Crippen molar-refractivity contribution in [3.63, 3.8) is 0 Å².